The quantitative estimate of drug-likeness (QED) is 0.677. The van der Waals surface area contributed by atoms with Crippen molar-refractivity contribution in [3.8, 4) is 5.19 Å². The van der Waals surface area contributed by atoms with Crippen LogP contribution >= 0.6 is 11.3 Å². The van der Waals surface area contributed by atoms with Crippen molar-refractivity contribution in [2.24, 2.45) is 0 Å². The molecule has 0 bridgehead atoms. The lowest BCUT2D eigenvalue weighted by molar-refractivity contribution is 0.406. The van der Waals surface area contributed by atoms with Gasteiger partial charge in [0.05, 0.1) is 12.8 Å². The van der Waals surface area contributed by atoms with E-state index in [1.54, 1.807) is 0 Å². The van der Waals surface area contributed by atoms with Crippen molar-refractivity contribution in [3.05, 3.63) is 10.8 Å². The summed E-state index contributed by atoms with van der Waals surface area (Å²) in [5.74, 6) is 0. The summed E-state index contributed by atoms with van der Waals surface area (Å²) < 4.78 is 18.0. The Kier molecular flexibility index (Phi) is 2.37. The zero-order valence-electron chi connectivity index (χ0n) is 7.64. The first-order chi connectivity index (χ1) is 5.45. The lowest BCUT2D eigenvalue weighted by atomic mass is 9.93. The molecule has 0 aliphatic heterocycles. The molecule has 0 aliphatic rings. The van der Waals surface area contributed by atoms with Gasteiger partial charge < -0.3 is 4.74 Å². The fourth-order valence-corrected chi connectivity index (χ4v) is 1.65. The summed E-state index contributed by atoms with van der Waals surface area (Å²) in [7, 11) is 1.49. The highest BCUT2D eigenvalue weighted by Gasteiger charge is 2.23. The van der Waals surface area contributed by atoms with Crippen LogP contribution in [0.1, 0.15) is 26.5 Å². The van der Waals surface area contributed by atoms with Crippen LogP contribution in [0, 0.1) is 5.13 Å². The first-order valence-electron chi connectivity index (χ1n) is 3.66. The number of rotatable bonds is 1. The van der Waals surface area contributed by atoms with E-state index >= 15 is 0 Å². The monoisotopic (exact) mass is 189 g/mol. The van der Waals surface area contributed by atoms with Crippen molar-refractivity contribution >= 4 is 11.3 Å². The number of hydrogen-bond donors (Lipinski definition) is 0. The van der Waals surface area contributed by atoms with Gasteiger partial charge in [-0.1, -0.05) is 20.8 Å². The number of nitrogens with zero attached hydrogens (tertiary/aromatic N) is 1. The maximum atomic E-state index is 13.2. The Morgan fingerprint density at radius 2 is 2.00 bits per heavy atom. The van der Waals surface area contributed by atoms with E-state index in [2.05, 4.69) is 4.98 Å². The molecule has 0 aliphatic carbocycles. The minimum absolute atomic E-state index is 0.251. The predicted octanol–water partition coefficient (Wildman–Crippen LogP) is 2.59. The zero-order chi connectivity index (χ0) is 9.35. The Labute approximate surface area is 75.4 Å². The van der Waals surface area contributed by atoms with Crippen molar-refractivity contribution in [3.63, 3.8) is 0 Å². The highest BCUT2D eigenvalue weighted by Crippen LogP contribution is 2.31. The molecular weight excluding hydrogens is 177 g/mol. The molecule has 0 atom stereocenters. The van der Waals surface area contributed by atoms with Crippen LogP contribution in [0.3, 0.4) is 0 Å². The van der Waals surface area contributed by atoms with Gasteiger partial charge in [-0.2, -0.15) is 4.39 Å². The summed E-state index contributed by atoms with van der Waals surface area (Å²) in [6.07, 6.45) is 0. The number of aromatic nitrogens is 1. The van der Waals surface area contributed by atoms with Gasteiger partial charge in [-0.05, 0) is 11.3 Å². The van der Waals surface area contributed by atoms with Crippen molar-refractivity contribution in [1.82, 2.24) is 4.98 Å². The number of ether oxygens (including phenoxy) is 1. The fourth-order valence-electron chi connectivity index (χ4n) is 0.833. The summed E-state index contributed by atoms with van der Waals surface area (Å²) in [5, 5.41) is 0.136. The third kappa shape index (κ3) is 1.75. The second-order valence-electron chi connectivity index (χ2n) is 3.56. The van der Waals surface area contributed by atoms with E-state index < -0.39 is 0 Å². The second-order valence-corrected chi connectivity index (χ2v) is 4.47. The molecule has 0 unspecified atom stereocenters. The van der Waals surface area contributed by atoms with Crippen LogP contribution in [0.4, 0.5) is 4.39 Å². The molecule has 1 aromatic heterocycles. The van der Waals surface area contributed by atoms with Crippen LogP contribution in [0.5, 0.6) is 5.19 Å². The Bertz CT molecular complexity index is 277. The van der Waals surface area contributed by atoms with Crippen molar-refractivity contribution in [1.29, 1.82) is 0 Å². The fraction of sp³-hybridized carbons (Fsp3) is 0.625. The van der Waals surface area contributed by atoms with Gasteiger partial charge in [0.25, 0.3) is 5.19 Å². The Balaban J connectivity index is 3.08. The van der Waals surface area contributed by atoms with Gasteiger partial charge in [-0.25, -0.2) is 4.98 Å². The zero-order valence-corrected chi connectivity index (χ0v) is 8.46. The minimum atomic E-state index is -0.253. The van der Waals surface area contributed by atoms with Crippen molar-refractivity contribution < 1.29 is 9.13 Å². The lowest BCUT2D eigenvalue weighted by Gasteiger charge is -2.14. The standard InChI is InChI=1S/C8H12FNOS/c1-8(2,3)5-6(9)12-7(10-5)11-4/h1-4H3. The van der Waals surface area contributed by atoms with Gasteiger partial charge >= 0.3 is 0 Å². The Morgan fingerprint density at radius 1 is 1.42 bits per heavy atom. The molecule has 4 heteroatoms. The van der Waals surface area contributed by atoms with E-state index in [-0.39, 0.29) is 10.5 Å². The van der Waals surface area contributed by atoms with Crippen LogP contribution in [0.25, 0.3) is 0 Å². The number of methoxy groups -OCH3 is 1. The molecule has 1 rings (SSSR count). The molecule has 0 N–H and O–H groups in total. The number of thiazole rings is 1. The molecule has 0 radical (unpaired) electrons. The molecule has 0 aromatic carbocycles. The minimum Gasteiger partial charge on any atom is -0.473 e. The van der Waals surface area contributed by atoms with E-state index in [9.17, 15) is 4.39 Å². The van der Waals surface area contributed by atoms with Crippen LogP contribution in [0.2, 0.25) is 0 Å². The smallest absolute Gasteiger partial charge is 0.275 e. The van der Waals surface area contributed by atoms with Gasteiger partial charge in [0, 0.05) is 5.41 Å². The number of halogens is 1. The molecule has 0 amide bonds. The first-order valence-corrected chi connectivity index (χ1v) is 4.47. The maximum Gasteiger partial charge on any atom is 0.275 e. The Morgan fingerprint density at radius 3 is 2.25 bits per heavy atom. The average Bonchev–Trinajstić information content (AvgIpc) is 2.29. The van der Waals surface area contributed by atoms with Crippen molar-refractivity contribution in [2.45, 2.75) is 26.2 Å². The Hall–Kier alpha value is -0.640. The molecule has 0 spiro atoms. The molecule has 12 heavy (non-hydrogen) atoms. The summed E-state index contributed by atoms with van der Waals surface area (Å²) in [6.45, 7) is 5.76. The van der Waals surface area contributed by atoms with E-state index in [0.29, 0.717) is 10.9 Å². The maximum absolute atomic E-state index is 13.2. The molecule has 68 valence electrons. The van der Waals surface area contributed by atoms with Gasteiger partial charge in [-0.3, -0.25) is 0 Å². The van der Waals surface area contributed by atoms with Crippen LogP contribution in [-0.2, 0) is 5.41 Å². The average molecular weight is 189 g/mol. The van der Waals surface area contributed by atoms with Crippen LogP contribution in [0.15, 0.2) is 0 Å². The van der Waals surface area contributed by atoms with Crippen LogP contribution < -0.4 is 4.74 Å². The van der Waals surface area contributed by atoms with Crippen LogP contribution in [-0.4, -0.2) is 12.1 Å². The summed E-state index contributed by atoms with van der Waals surface area (Å²) in [5.41, 5.74) is 0.224. The molecule has 1 aromatic rings. The van der Waals surface area contributed by atoms with E-state index in [0.717, 1.165) is 11.3 Å². The van der Waals surface area contributed by atoms with Gasteiger partial charge in [0.15, 0.2) is 0 Å². The predicted molar refractivity (Wildman–Crippen MR) is 47.3 cm³/mol. The largest absolute Gasteiger partial charge is 0.473 e. The first kappa shape index (κ1) is 9.45. The third-order valence-corrected chi connectivity index (χ3v) is 2.26. The second kappa shape index (κ2) is 3.01. The van der Waals surface area contributed by atoms with Gasteiger partial charge in [0.1, 0.15) is 0 Å². The topological polar surface area (TPSA) is 22.1 Å². The summed E-state index contributed by atoms with van der Waals surface area (Å²) in [4.78, 5) is 4.02. The molecule has 2 nitrogen and oxygen atoms in total. The normalized spacial score (nSPS) is 11.8. The molecule has 1 heterocycles. The highest BCUT2D eigenvalue weighted by atomic mass is 32.1. The number of hydrogen-bond acceptors (Lipinski definition) is 3. The molecule has 0 saturated heterocycles. The van der Waals surface area contributed by atoms with E-state index in [1.165, 1.54) is 7.11 Å². The van der Waals surface area contributed by atoms with E-state index in [4.69, 9.17) is 4.74 Å². The van der Waals surface area contributed by atoms with Gasteiger partial charge in [-0.15, -0.1) is 0 Å². The summed E-state index contributed by atoms with van der Waals surface area (Å²) in [6, 6.07) is 0. The van der Waals surface area contributed by atoms with E-state index in [1.807, 2.05) is 20.8 Å². The summed E-state index contributed by atoms with van der Waals surface area (Å²) >= 11 is 0.941. The van der Waals surface area contributed by atoms with Crippen molar-refractivity contribution in [2.75, 3.05) is 7.11 Å². The molecular formula is C8H12FNOS. The van der Waals surface area contributed by atoms with Gasteiger partial charge in [0.2, 0.25) is 5.13 Å². The lowest BCUT2D eigenvalue weighted by Crippen LogP contribution is -2.13. The highest BCUT2D eigenvalue weighted by molar-refractivity contribution is 7.11. The molecule has 0 fully saturated rings. The molecule has 0 saturated carbocycles. The SMILES string of the molecule is COc1nc(C(C)(C)C)c(F)s1. The third-order valence-electron chi connectivity index (χ3n) is 1.45.